The predicted molar refractivity (Wildman–Crippen MR) is 81.0 cm³/mol. The molecule has 0 saturated carbocycles. The van der Waals surface area contributed by atoms with E-state index in [-0.39, 0.29) is 11.5 Å². The van der Waals surface area contributed by atoms with Crippen molar-refractivity contribution in [2.45, 2.75) is 13.3 Å². The third-order valence-electron chi connectivity index (χ3n) is 3.63. The van der Waals surface area contributed by atoms with Crippen LogP contribution in [0.25, 0.3) is 28.5 Å². The van der Waals surface area contributed by atoms with Gasteiger partial charge in [0.05, 0.1) is 5.56 Å². The van der Waals surface area contributed by atoms with Crippen molar-refractivity contribution >= 4 is 5.65 Å². The second-order valence-corrected chi connectivity index (χ2v) is 5.16. The Balaban J connectivity index is 1.77. The average Bonchev–Trinajstić information content (AvgIpc) is 3.21. The average molecular weight is 327 g/mol. The Morgan fingerprint density at radius 3 is 2.79 bits per heavy atom. The molecule has 120 valence electrons. The summed E-state index contributed by atoms with van der Waals surface area (Å²) < 4.78 is 33.8. The van der Waals surface area contributed by atoms with Crippen LogP contribution in [0.4, 0.5) is 8.78 Å². The third kappa shape index (κ3) is 2.32. The molecule has 3 aromatic heterocycles. The minimum absolute atomic E-state index is 0.0120. The highest BCUT2D eigenvalue weighted by atomic mass is 19.1. The highest BCUT2D eigenvalue weighted by Crippen LogP contribution is 2.25. The highest BCUT2D eigenvalue weighted by molar-refractivity contribution is 5.61. The summed E-state index contributed by atoms with van der Waals surface area (Å²) in [4.78, 5) is 4.19. The third-order valence-corrected chi connectivity index (χ3v) is 3.63. The number of benzene rings is 1. The SMILES string of the molecule is CCc1nnc2ccc(-c3noc(-c4ccc(F)cc4F)n3)cn12. The van der Waals surface area contributed by atoms with Crippen LogP contribution in [0, 0.1) is 11.6 Å². The van der Waals surface area contributed by atoms with E-state index in [0.717, 1.165) is 24.4 Å². The standard InChI is InChI=1S/C16H11F2N5O/c1-2-13-20-21-14-6-3-9(8-23(13)14)15-19-16(24-22-15)11-5-4-10(17)7-12(11)18/h3-8H,2H2,1H3. The van der Waals surface area contributed by atoms with E-state index in [9.17, 15) is 8.78 Å². The molecule has 0 N–H and O–H groups in total. The fraction of sp³-hybridized carbons (Fsp3) is 0.125. The van der Waals surface area contributed by atoms with E-state index in [2.05, 4.69) is 20.3 Å². The van der Waals surface area contributed by atoms with Gasteiger partial charge in [-0.1, -0.05) is 12.1 Å². The summed E-state index contributed by atoms with van der Waals surface area (Å²) >= 11 is 0. The van der Waals surface area contributed by atoms with E-state index in [1.807, 2.05) is 11.3 Å². The van der Waals surface area contributed by atoms with E-state index in [1.165, 1.54) is 6.07 Å². The normalized spacial score (nSPS) is 11.3. The van der Waals surface area contributed by atoms with Crippen molar-refractivity contribution in [2.24, 2.45) is 0 Å². The molecule has 0 aliphatic rings. The van der Waals surface area contributed by atoms with Crippen LogP contribution in [0.3, 0.4) is 0 Å². The van der Waals surface area contributed by atoms with E-state index < -0.39 is 11.6 Å². The molecule has 3 heterocycles. The summed E-state index contributed by atoms with van der Waals surface area (Å²) in [6, 6.07) is 6.74. The molecule has 0 unspecified atom stereocenters. The lowest BCUT2D eigenvalue weighted by atomic mass is 10.2. The van der Waals surface area contributed by atoms with Crippen LogP contribution >= 0.6 is 0 Å². The molecule has 0 spiro atoms. The largest absolute Gasteiger partial charge is 0.334 e. The van der Waals surface area contributed by atoms with Gasteiger partial charge in [-0.15, -0.1) is 10.2 Å². The molecule has 1 aromatic carbocycles. The molecule has 0 atom stereocenters. The van der Waals surface area contributed by atoms with E-state index in [4.69, 9.17) is 4.52 Å². The zero-order valence-corrected chi connectivity index (χ0v) is 12.6. The lowest BCUT2D eigenvalue weighted by Gasteiger charge is -1.99. The quantitative estimate of drug-likeness (QED) is 0.577. The van der Waals surface area contributed by atoms with Crippen molar-refractivity contribution in [1.29, 1.82) is 0 Å². The van der Waals surface area contributed by atoms with Crippen LogP contribution in [-0.2, 0) is 6.42 Å². The lowest BCUT2D eigenvalue weighted by molar-refractivity contribution is 0.429. The van der Waals surface area contributed by atoms with Crippen LogP contribution in [0.5, 0.6) is 0 Å². The van der Waals surface area contributed by atoms with Gasteiger partial charge in [-0.05, 0) is 24.3 Å². The molecule has 4 rings (SSSR count). The van der Waals surface area contributed by atoms with Gasteiger partial charge in [-0.25, -0.2) is 8.78 Å². The summed E-state index contributed by atoms with van der Waals surface area (Å²) in [5.74, 6) is -0.331. The Morgan fingerprint density at radius 1 is 1.12 bits per heavy atom. The number of halogens is 2. The Morgan fingerprint density at radius 2 is 2.00 bits per heavy atom. The fourth-order valence-electron chi connectivity index (χ4n) is 2.42. The number of pyridine rings is 1. The van der Waals surface area contributed by atoms with Crippen molar-refractivity contribution in [1.82, 2.24) is 24.7 Å². The van der Waals surface area contributed by atoms with Gasteiger partial charge in [-0.2, -0.15) is 4.98 Å². The summed E-state index contributed by atoms with van der Waals surface area (Å²) in [7, 11) is 0. The van der Waals surface area contributed by atoms with Gasteiger partial charge in [0.15, 0.2) is 5.65 Å². The second kappa shape index (κ2) is 5.48. The van der Waals surface area contributed by atoms with Gasteiger partial charge in [0.1, 0.15) is 17.5 Å². The Kier molecular flexibility index (Phi) is 3.30. The fourth-order valence-corrected chi connectivity index (χ4v) is 2.42. The molecule has 6 nitrogen and oxygen atoms in total. The Labute approximate surface area is 134 Å². The van der Waals surface area contributed by atoms with Gasteiger partial charge in [0, 0.05) is 24.2 Å². The minimum Gasteiger partial charge on any atom is -0.334 e. The van der Waals surface area contributed by atoms with Gasteiger partial charge in [-0.3, -0.25) is 4.40 Å². The molecule has 0 aliphatic heterocycles. The maximum Gasteiger partial charge on any atom is 0.261 e. The maximum absolute atomic E-state index is 13.8. The summed E-state index contributed by atoms with van der Waals surface area (Å²) in [5, 5.41) is 12.0. The summed E-state index contributed by atoms with van der Waals surface area (Å²) in [6.45, 7) is 1.98. The number of rotatable bonds is 3. The van der Waals surface area contributed by atoms with Crippen molar-refractivity contribution in [3.05, 3.63) is 54.0 Å². The first-order valence-electron chi connectivity index (χ1n) is 7.29. The zero-order chi connectivity index (χ0) is 16.7. The van der Waals surface area contributed by atoms with E-state index >= 15 is 0 Å². The van der Waals surface area contributed by atoms with Crippen molar-refractivity contribution in [3.63, 3.8) is 0 Å². The monoisotopic (exact) mass is 327 g/mol. The molecule has 0 bridgehead atoms. The molecule has 0 amide bonds. The maximum atomic E-state index is 13.8. The lowest BCUT2D eigenvalue weighted by Crippen LogP contribution is -1.93. The van der Waals surface area contributed by atoms with Crippen molar-refractivity contribution in [2.75, 3.05) is 0 Å². The molecule has 0 saturated heterocycles. The predicted octanol–water partition coefficient (Wildman–Crippen LogP) is 3.29. The van der Waals surface area contributed by atoms with Crippen LogP contribution < -0.4 is 0 Å². The van der Waals surface area contributed by atoms with Crippen molar-refractivity contribution in [3.8, 4) is 22.8 Å². The summed E-state index contributed by atoms with van der Waals surface area (Å²) in [6.07, 6.45) is 2.52. The highest BCUT2D eigenvalue weighted by Gasteiger charge is 2.16. The molecule has 0 fully saturated rings. The van der Waals surface area contributed by atoms with Gasteiger partial charge in [0.2, 0.25) is 5.82 Å². The molecule has 4 aromatic rings. The number of nitrogens with zero attached hydrogens (tertiary/aromatic N) is 5. The molecule has 24 heavy (non-hydrogen) atoms. The van der Waals surface area contributed by atoms with E-state index in [0.29, 0.717) is 17.0 Å². The topological polar surface area (TPSA) is 69.1 Å². The molecule has 0 radical (unpaired) electrons. The Hall–Kier alpha value is -3.16. The van der Waals surface area contributed by atoms with Crippen LogP contribution in [0.15, 0.2) is 41.1 Å². The van der Waals surface area contributed by atoms with Crippen LogP contribution in [-0.4, -0.2) is 24.7 Å². The van der Waals surface area contributed by atoms with Gasteiger partial charge < -0.3 is 4.52 Å². The van der Waals surface area contributed by atoms with Crippen LogP contribution in [0.2, 0.25) is 0 Å². The van der Waals surface area contributed by atoms with Gasteiger partial charge in [0.25, 0.3) is 5.89 Å². The first-order chi connectivity index (χ1) is 11.7. The number of hydrogen-bond acceptors (Lipinski definition) is 5. The van der Waals surface area contributed by atoms with Crippen LogP contribution in [0.1, 0.15) is 12.7 Å². The second-order valence-electron chi connectivity index (χ2n) is 5.16. The smallest absolute Gasteiger partial charge is 0.261 e. The number of aromatic nitrogens is 5. The zero-order valence-electron chi connectivity index (χ0n) is 12.6. The summed E-state index contributed by atoms with van der Waals surface area (Å²) in [5.41, 5.74) is 1.44. The first-order valence-corrected chi connectivity index (χ1v) is 7.29. The molecular weight excluding hydrogens is 316 g/mol. The van der Waals surface area contributed by atoms with E-state index in [1.54, 1.807) is 18.3 Å². The minimum atomic E-state index is -0.757. The first kappa shape index (κ1) is 14.4. The molecule has 8 heteroatoms. The Bertz CT molecular complexity index is 1040. The van der Waals surface area contributed by atoms with Crippen molar-refractivity contribution < 1.29 is 13.3 Å². The number of fused-ring (bicyclic) bond motifs is 1. The molecule has 0 aliphatic carbocycles. The number of aryl methyl sites for hydroxylation is 1. The molecular formula is C16H11F2N5O. The number of hydrogen-bond donors (Lipinski definition) is 0. The van der Waals surface area contributed by atoms with Gasteiger partial charge >= 0.3 is 0 Å².